The third-order valence-electron chi connectivity index (χ3n) is 3.68. The predicted molar refractivity (Wildman–Crippen MR) is 98.6 cm³/mol. The summed E-state index contributed by atoms with van der Waals surface area (Å²) in [5, 5.41) is 5.51. The van der Waals surface area contributed by atoms with Crippen LogP contribution in [0.25, 0.3) is 11.1 Å². The highest BCUT2D eigenvalue weighted by Crippen LogP contribution is 2.30. The van der Waals surface area contributed by atoms with Crippen molar-refractivity contribution in [1.82, 2.24) is 0 Å². The molecule has 0 saturated carbocycles. The molecule has 0 aliphatic carbocycles. The quantitative estimate of drug-likeness (QED) is 0.627. The van der Waals surface area contributed by atoms with E-state index >= 15 is 0 Å². The summed E-state index contributed by atoms with van der Waals surface area (Å²) >= 11 is 7.46. The highest BCUT2D eigenvalue weighted by Gasteiger charge is 2.15. The molecule has 0 fully saturated rings. The molecular weight excluding hydrogens is 326 g/mol. The number of halogens is 1. The Hall–Kier alpha value is -2.10. The molecule has 1 amide bonds. The van der Waals surface area contributed by atoms with Gasteiger partial charge in [0.05, 0.1) is 4.88 Å². The number of rotatable bonds is 3. The average Bonchev–Trinajstić information content (AvgIpc) is 3.01. The van der Waals surface area contributed by atoms with Gasteiger partial charge >= 0.3 is 0 Å². The van der Waals surface area contributed by atoms with Crippen molar-refractivity contribution >= 4 is 34.5 Å². The van der Waals surface area contributed by atoms with Crippen LogP contribution >= 0.6 is 22.9 Å². The topological polar surface area (TPSA) is 29.1 Å². The monoisotopic (exact) mass is 341 g/mol. The molecule has 0 spiro atoms. The standard InChI is InChI=1S/C19H16ClNOS/c1-12-3-6-14(7-4-12)16-9-10-23-18(16)19(22)21-17-11-15(20)8-5-13(17)2/h3-11H,1-2H3,(H,21,22). The van der Waals surface area contributed by atoms with Crippen molar-refractivity contribution in [3.8, 4) is 11.1 Å². The van der Waals surface area contributed by atoms with Gasteiger partial charge in [-0.15, -0.1) is 11.3 Å². The number of benzene rings is 2. The second kappa shape index (κ2) is 6.57. The van der Waals surface area contributed by atoms with Gasteiger partial charge in [-0.3, -0.25) is 4.79 Å². The molecule has 0 atom stereocenters. The fraction of sp³-hybridized carbons (Fsp3) is 0.105. The fourth-order valence-electron chi connectivity index (χ4n) is 2.35. The Kier molecular flexibility index (Phi) is 4.51. The first-order valence-corrected chi connectivity index (χ1v) is 8.52. The fourth-order valence-corrected chi connectivity index (χ4v) is 3.34. The van der Waals surface area contributed by atoms with Gasteiger partial charge in [-0.05, 0) is 48.6 Å². The van der Waals surface area contributed by atoms with Gasteiger partial charge in [-0.2, -0.15) is 0 Å². The van der Waals surface area contributed by atoms with Crippen LogP contribution in [0.5, 0.6) is 0 Å². The molecule has 0 unspecified atom stereocenters. The van der Waals surface area contributed by atoms with Crippen molar-refractivity contribution < 1.29 is 4.79 Å². The normalized spacial score (nSPS) is 10.6. The molecule has 3 aromatic rings. The average molecular weight is 342 g/mol. The largest absolute Gasteiger partial charge is 0.321 e. The molecule has 23 heavy (non-hydrogen) atoms. The van der Waals surface area contributed by atoms with E-state index in [1.807, 2.05) is 49.6 Å². The first-order valence-electron chi connectivity index (χ1n) is 7.26. The zero-order valence-corrected chi connectivity index (χ0v) is 14.5. The number of hydrogen-bond acceptors (Lipinski definition) is 2. The molecule has 0 bridgehead atoms. The SMILES string of the molecule is Cc1ccc(-c2ccsc2C(=O)Nc2cc(Cl)ccc2C)cc1. The van der Waals surface area contributed by atoms with Gasteiger partial charge in [0, 0.05) is 16.3 Å². The highest BCUT2D eigenvalue weighted by molar-refractivity contribution is 7.12. The molecule has 0 aliphatic heterocycles. The summed E-state index contributed by atoms with van der Waals surface area (Å²) in [4.78, 5) is 13.4. The number of hydrogen-bond donors (Lipinski definition) is 1. The Balaban J connectivity index is 1.91. The van der Waals surface area contributed by atoms with Crippen molar-refractivity contribution in [3.05, 3.63) is 74.9 Å². The molecule has 1 heterocycles. The molecule has 0 radical (unpaired) electrons. The molecule has 116 valence electrons. The summed E-state index contributed by atoms with van der Waals surface area (Å²) in [5.74, 6) is -0.110. The lowest BCUT2D eigenvalue weighted by Crippen LogP contribution is -2.12. The highest BCUT2D eigenvalue weighted by atomic mass is 35.5. The van der Waals surface area contributed by atoms with Crippen LogP contribution in [0.4, 0.5) is 5.69 Å². The number of thiophene rings is 1. The van der Waals surface area contributed by atoms with E-state index in [4.69, 9.17) is 11.6 Å². The molecule has 2 aromatic carbocycles. The number of nitrogens with one attached hydrogen (secondary N) is 1. The Morgan fingerprint density at radius 1 is 1.04 bits per heavy atom. The second-order valence-electron chi connectivity index (χ2n) is 5.44. The van der Waals surface area contributed by atoms with E-state index in [0.717, 1.165) is 22.4 Å². The van der Waals surface area contributed by atoms with Gasteiger partial charge in [0.2, 0.25) is 0 Å². The number of carbonyl (C=O) groups excluding carboxylic acids is 1. The van der Waals surface area contributed by atoms with E-state index in [2.05, 4.69) is 17.4 Å². The van der Waals surface area contributed by atoms with Crippen LogP contribution in [-0.2, 0) is 0 Å². The second-order valence-corrected chi connectivity index (χ2v) is 6.80. The van der Waals surface area contributed by atoms with Crippen LogP contribution in [0.2, 0.25) is 5.02 Å². The number of aryl methyl sites for hydroxylation is 2. The van der Waals surface area contributed by atoms with Crippen molar-refractivity contribution in [2.24, 2.45) is 0 Å². The molecule has 0 aliphatic rings. The lowest BCUT2D eigenvalue weighted by atomic mass is 10.0. The third-order valence-corrected chi connectivity index (χ3v) is 4.83. The summed E-state index contributed by atoms with van der Waals surface area (Å²) in [6.07, 6.45) is 0. The first-order chi connectivity index (χ1) is 11.0. The van der Waals surface area contributed by atoms with Gasteiger partial charge in [0.25, 0.3) is 5.91 Å². The Bertz CT molecular complexity index is 852. The summed E-state index contributed by atoms with van der Waals surface area (Å²) in [5.41, 5.74) is 4.92. The van der Waals surface area contributed by atoms with Gasteiger partial charge in [-0.25, -0.2) is 0 Å². The molecule has 4 heteroatoms. The Morgan fingerprint density at radius 3 is 2.52 bits per heavy atom. The van der Waals surface area contributed by atoms with E-state index in [9.17, 15) is 4.79 Å². The summed E-state index contributed by atoms with van der Waals surface area (Å²) in [6.45, 7) is 3.99. The van der Waals surface area contributed by atoms with Crippen molar-refractivity contribution in [1.29, 1.82) is 0 Å². The summed E-state index contributed by atoms with van der Waals surface area (Å²) < 4.78 is 0. The summed E-state index contributed by atoms with van der Waals surface area (Å²) in [7, 11) is 0. The maximum absolute atomic E-state index is 12.7. The van der Waals surface area contributed by atoms with E-state index < -0.39 is 0 Å². The van der Waals surface area contributed by atoms with Gasteiger partial charge < -0.3 is 5.32 Å². The van der Waals surface area contributed by atoms with Gasteiger partial charge in [0.1, 0.15) is 0 Å². The van der Waals surface area contributed by atoms with Gasteiger partial charge in [0.15, 0.2) is 0 Å². The third kappa shape index (κ3) is 3.46. The predicted octanol–water partition coefficient (Wildman–Crippen LogP) is 5.94. The minimum atomic E-state index is -0.110. The lowest BCUT2D eigenvalue weighted by molar-refractivity contribution is 0.103. The zero-order valence-electron chi connectivity index (χ0n) is 12.9. The maximum Gasteiger partial charge on any atom is 0.266 e. The van der Waals surface area contributed by atoms with E-state index in [1.165, 1.54) is 16.9 Å². The molecule has 1 N–H and O–H groups in total. The Labute approximate surface area is 144 Å². The molecule has 3 rings (SSSR count). The van der Waals surface area contributed by atoms with E-state index in [0.29, 0.717) is 9.90 Å². The van der Waals surface area contributed by atoms with Crippen LogP contribution < -0.4 is 5.32 Å². The number of carbonyl (C=O) groups is 1. The van der Waals surface area contributed by atoms with Crippen LogP contribution in [0.15, 0.2) is 53.9 Å². The first kappa shape index (κ1) is 15.8. The van der Waals surface area contributed by atoms with E-state index in [-0.39, 0.29) is 5.91 Å². The maximum atomic E-state index is 12.7. The summed E-state index contributed by atoms with van der Waals surface area (Å²) in [6, 6.07) is 15.6. The minimum Gasteiger partial charge on any atom is -0.321 e. The van der Waals surface area contributed by atoms with Gasteiger partial charge in [-0.1, -0.05) is 47.5 Å². The van der Waals surface area contributed by atoms with Crippen molar-refractivity contribution in [2.45, 2.75) is 13.8 Å². The van der Waals surface area contributed by atoms with Crippen LogP contribution in [-0.4, -0.2) is 5.91 Å². The number of amides is 1. The van der Waals surface area contributed by atoms with Crippen LogP contribution in [0, 0.1) is 13.8 Å². The molecule has 1 aromatic heterocycles. The van der Waals surface area contributed by atoms with Crippen molar-refractivity contribution in [3.63, 3.8) is 0 Å². The zero-order chi connectivity index (χ0) is 16.4. The molecule has 2 nitrogen and oxygen atoms in total. The van der Waals surface area contributed by atoms with Crippen LogP contribution in [0.1, 0.15) is 20.8 Å². The number of anilines is 1. The Morgan fingerprint density at radius 2 is 1.78 bits per heavy atom. The smallest absolute Gasteiger partial charge is 0.266 e. The van der Waals surface area contributed by atoms with E-state index in [1.54, 1.807) is 6.07 Å². The molecular formula is C19H16ClNOS. The molecule has 0 saturated heterocycles. The minimum absolute atomic E-state index is 0.110. The van der Waals surface area contributed by atoms with Crippen LogP contribution in [0.3, 0.4) is 0 Å². The lowest BCUT2D eigenvalue weighted by Gasteiger charge is -2.09. The van der Waals surface area contributed by atoms with Crippen molar-refractivity contribution in [2.75, 3.05) is 5.32 Å².